The van der Waals surface area contributed by atoms with Crippen LogP contribution in [0.15, 0.2) is 47.4 Å². The summed E-state index contributed by atoms with van der Waals surface area (Å²) in [5, 5.41) is 0.344. The fraction of sp³-hybridized carbons (Fsp3) is 0.286. The Kier molecular flexibility index (Phi) is 5.92. The van der Waals surface area contributed by atoms with E-state index in [-0.39, 0.29) is 10.7 Å². The molecule has 0 unspecified atom stereocenters. The Balaban J connectivity index is 1.75. The van der Waals surface area contributed by atoms with Crippen LogP contribution in [-0.2, 0) is 21.3 Å². The van der Waals surface area contributed by atoms with Gasteiger partial charge in [0.2, 0.25) is 10.0 Å². The van der Waals surface area contributed by atoms with Crippen molar-refractivity contribution >= 4 is 43.8 Å². The van der Waals surface area contributed by atoms with Gasteiger partial charge in [0, 0.05) is 19.6 Å². The summed E-state index contributed by atoms with van der Waals surface area (Å²) >= 11 is 6.51. The number of sulfonamides is 1. The molecule has 0 atom stereocenters. The van der Waals surface area contributed by atoms with Crippen molar-refractivity contribution in [1.29, 1.82) is 0 Å². The predicted molar refractivity (Wildman–Crippen MR) is 115 cm³/mol. The van der Waals surface area contributed by atoms with Crippen LogP contribution < -0.4 is 0 Å². The van der Waals surface area contributed by atoms with Crippen LogP contribution in [0.25, 0.3) is 22.1 Å². The summed E-state index contributed by atoms with van der Waals surface area (Å²) in [7, 11) is -3.62. The van der Waals surface area contributed by atoms with E-state index in [1.807, 2.05) is 11.5 Å². The van der Waals surface area contributed by atoms with Crippen molar-refractivity contribution in [1.82, 2.24) is 13.9 Å². The Morgan fingerprint density at radius 3 is 2.70 bits per heavy atom. The maximum atomic E-state index is 13.5. The number of ether oxygens (including phenoxy) is 1. The van der Waals surface area contributed by atoms with Crippen molar-refractivity contribution in [3.05, 3.63) is 59.7 Å². The summed E-state index contributed by atoms with van der Waals surface area (Å²) in [6.07, 6.45) is 1.64. The van der Waals surface area contributed by atoms with E-state index >= 15 is 0 Å². The minimum absolute atomic E-state index is 0.189. The minimum Gasteiger partial charge on any atom is -0.379 e. The minimum atomic E-state index is -3.62. The van der Waals surface area contributed by atoms with E-state index in [0.717, 1.165) is 5.52 Å². The Morgan fingerprint density at radius 1 is 1.23 bits per heavy atom. The van der Waals surface area contributed by atoms with Crippen molar-refractivity contribution in [2.45, 2.75) is 18.4 Å². The molecule has 0 radical (unpaired) electrons. The summed E-state index contributed by atoms with van der Waals surface area (Å²) in [5.41, 5.74) is 1.93. The zero-order chi connectivity index (χ0) is 21.3. The highest BCUT2D eigenvalue weighted by molar-refractivity contribution is 7.89. The first-order chi connectivity index (χ1) is 14.4. The lowest BCUT2D eigenvalue weighted by molar-refractivity contribution is 0.0730. The van der Waals surface area contributed by atoms with Gasteiger partial charge in [-0.1, -0.05) is 23.7 Å². The van der Waals surface area contributed by atoms with Gasteiger partial charge in [0.15, 0.2) is 5.82 Å². The highest BCUT2D eigenvalue weighted by Crippen LogP contribution is 2.28. The first kappa shape index (κ1) is 21.0. The van der Waals surface area contributed by atoms with E-state index in [1.54, 1.807) is 36.4 Å². The van der Waals surface area contributed by atoms with Gasteiger partial charge in [0.25, 0.3) is 0 Å². The van der Waals surface area contributed by atoms with E-state index < -0.39 is 10.0 Å². The Bertz CT molecular complexity index is 1220. The summed E-state index contributed by atoms with van der Waals surface area (Å²) < 4.78 is 48.0. The lowest BCUT2D eigenvalue weighted by atomic mass is 10.2. The van der Waals surface area contributed by atoms with Gasteiger partial charge in [0.05, 0.1) is 34.2 Å². The van der Waals surface area contributed by atoms with Gasteiger partial charge in [-0.05, 0) is 48.9 Å². The molecule has 4 rings (SSSR count). The second-order valence-corrected chi connectivity index (χ2v) is 9.24. The maximum Gasteiger partial charge on any atom is 0.243 e. The molecular weight excluding hydrogens is 429 g/mol. The van der Waals surface area contributed by atoms with Crippen LogP contribution in [0.1, 0.15) is 18.3 Å². The topological polar surface area (TPSA) is 64.4 Å². The first-order valence-corrected chi connectivity index (χ1v) is 11.4. The molecule has 0 N–H and O–H groups in total. The third-order valence-electron chi connectivity index (χ3n) is 5.00. The molecule has 0 spiro atoms. The molecule has 30 heavy (non-hydrogen) atoms. The lowest BCUT2D eigenvalue weighted by Gasteiger charge is -2.26. The Hall–Kier alpha value is -2.26. The molecule has 0 amide bonds. The van der Waals surface area contributed by atoms with Gasteiger partial charge in [-0.2, -0.15) is 4.31 Å². The SMILES string of the molecule is CCn1c(C(Cl)=Cc2cccc(F)c2)nc2cc(S(=O)(=O)N3CCOCC3)ccc21. The molecule has 1 saturated heterocycles. The number of nitrogens with zero attached hydrogens (tertiary/aromatic N) is 3. The maximum absolute atomic E-state index is 13.5. The fourth-order valence-corrected chi connectivity index (χ4v) is 5.21. The van der Waals surface area contributed by atoms with Gasteiger partial charge in [-0.15, -0.1) is 0 Å². The van der Waals surface area contributed by atoms with Gasteiger partial charge in [-0.3, -0.25) is 0 Å². The van der Waals surface area contributed by atoms with Crippen molar-refractivity contribution in [3.63, 3.8) is 0 Å². The molecule has 1 aromatic heterocycles. The molecular formula is C21H21ClFN3O3S. The number of morpholine rings is 1. The van der Waals surface area contributed by atoms with Crippen LogP contribution in [0.4, 0.5) is 4.39 Å². The summed E-state index contributed by atoms with van der Waals surface area (Å²) in [6, 6.07) is 11.0. The molecule has 9 heteroatoms. The molecule has 0 aliphatic carbocycles. The second-order valence-electron chi connectivity index (χ2n) is 6.89. The summed E-state index contributed by atoms with van der Waals surface area (Å²) in [4.78, 5) is 4.77. The quantitative estimate of drug-likeness (QED) is 0.591. The number of imidazole rings is 1. The molecule has 1 aliphatic heterocycles. The fourth-order valence-electron chi connectivity index (χ4n) is 3.52. The van der Waals surface area contributed by atoms with Gasteiger partial charge in [-0.25, -0.2) is 17.8 Å². The van der Waals surface area contributed by atoms with Crippen LogP contribution in [0.3, 0.4) is 0 Å². The molecule has 3 aromatic rings. The van der Waals surface area contributed by atoms with Crippen molar-refractivity contribution in [2.75, 3.05) is 26.3 Å². The number of hydrogen-bond donors (Lipinski definition) is 0. The molecule has 158 valence electrons. The standard InChI is InChI=1S/C21H21ClFN3O3S/c1-2-26-20-7-6-17(30(27,28)25-8-10-29-11-9-25)14-19(20)24-21(26)18(22)13-15-4-3-5-16(23)12-15/h3-7,12-14H,2,8-11H2,1H3. The Labute approximate surface area is 179 Å². The molecule has 2 aromatic carbocycles. The van der Waals surface area contributed by atoms with E-state index in [9.17, 15) is 12.8 Å². The third-order valence-corrected chi connectivity index (χ3v) is 7.17. The number of aromatic nitrogens is 2. The molecule has 6 nitrogen and oxygen atoms in total. The largest absolute Gasteiger partial charge is 0.379 e. The zero-order valence-corrected chi connectivity index (χ0v) is 18.0. The molecule has 0 bridgehead atoms. The van der Waals surface area contributed by atoms with Crippen LogP contribution in [0.2, 0.25) is 0 Å². The first-order valence-electron chi connectivity index (χ1n) is 9.61. The summed E-state index contributed by atoms with van der Waals surface area (Å²) in [5.74, 6) is 0.148. The third kappa shape index (κ3) is 4.00. The number of aryl methyl sites for hydroxylation is 1. The van der Waals surface area contributed by atoms with Crippen LogP contribution in [0.5, 0.6) is 0 Å². The highest BCUT2D eigenvalue weighted by Gasteiger charge is 2.27. The average molecular weight is 450 g/mol. The smallest absolute Gasteiger partial charge is 0.243 e. The van der Waals surface area contributed by atoms with Crippen molar-refractivity contribution in [3.8, 4) is 0 Å². The van der Waals surface area contributed by atoms with Crippen molar-refractivity contribution in [2.24, 2.45) is 0 Å². The Morgan fingerprint density at radius 2 is 2.00 bits per heavy atom. The van der Waals surface area contributed by atoms with E-state index in [4.69, 9.17) is 16.3 Å². The number of fused-ring (bicyclic) bond motifs is 1. The monoisotopic (exact) mass is 449 g/mol. The summed E-state index contributed by atoms with van der Waals surface area (Å²) in [6.45, 7) is 3.98. The predicted octanol–water partition coefficient (Wildman–Crippen LogP) is 3.95. The number of benzene rings is 2. The number of rotatable bonds is 5. The molecule has 1 fully saturated rings. The lowest BCUT2D eigenvalue weighted by Crippen LogP contribution is -2.40. The van der Waals surface area contributed by atoms with E-state index in [0.29, 0.717) is 54.8 Å². The normalized spacial score (nSPS) is 16.3. The second kappa shape index (κ2) is 8.47. The van der Waals surface area contributed by atoms with E-state index in [2.05, 4.69) is 4.98 Å². The van der Waals surface area contributed by atoms with Gasteiger partial charge in [0.1, 0.15) is 5.82 Å². The number of halogens is 2. The van der Waals surface area contributed by atoms with Gasteiger partial charge >= 0.3 is 0 Å². The molecule has 0 saturated carbocycles. The van der Waals surface area contributed by atoms with Crippen LogP contribution >= 0.6 is 11.6 Å². The van der Waals surface area contributed by atoms with Crippen LogP contribution in [0, 0.1) is 5.82 Å². The van der Waals surface area contributed by atoms with Gasteiger partial charge < -0.3 is 9.30 Å². The molecule has 2 heterocycles. The van der Waals surface area contributed by atoms with E-state index in [1.165, 1.54) is 16.4 Å². The number of hydrogen-bond acceptors (Lipinski definition) is 4. The van der Waals surface area contributed by atoms with Crippen LogP contribution in [-0.4, -0.2) is 48.6 Å². The average Bonchev–Trinajstić information content (AvgIpc) is 3.12. The highest BCUT2D eigenvalue weighted by atomic mass is 35.5. The molecule has 1 aliphatic rings. The van der Waals surface area contributed by atoms with Crippen molar-refractivity contribution < 1.29 is 17.5 Å². The zero-order valence-electron chi connectivity index (χ0n) is 16.4.